The number of sulfonamides is 1. The minimum absolute atomic E-state index is 0.0530. The van der Waals surface area contributed by atoms with Crippen molar-refractivity contribution in [2.75, 3.05) is 26.2 Å². The molecule has 1 fully saturated rings. The van der Waals surface area contributed by atoms with E-state index in [2.05, 4.69) is 17.0 Å². The van der Waals surface area contributed by atoms with Crippen LogP contribution < -0.4 is 0 Å². The van der Waals surface area contributed by atoms with Gasteiger partial charge in [0.15, 0.2) is 0 Å². The summed E-state index contributed by atoms with van der Waals surface area (Å²) in [4.78, 5) is 2.28. The minimum atomic E-state index is -3.36. The number of benzene rings is 2. The smallest absolute Gasteiger partial charge is 0.218 e. The van der Waals surface area contributed by atoms with E-state index in [0.717, 1.165) is 19.6 Å². The molecule has 134 valence electrons. The zero-order valence-electron chi connectivity index (χ0n) is 13.7. The van der Waals surface area contributed by atoms with Gasteiger partial charge in [-0.2, -0.15) is 4.31 Å². The Bertz CT molecular complexity index is 820. The summed E-state index contributed by atoms with van der Waals surface area (Å²) >= 11 is 11.9. The Balaban J connectivity index is 1.58. The molecule has 0 atom stereocenters. The average molecular weight is 399 g/mol. The maximum atomic E-state index is 12.6. The van der Waals surface area contributed by atoms with Gasteiger partial charge >= 0.3 is 0 Å². The molecule has 3 rings (SSSR count). The SMILES string of the molecule is O=S(=O)(Cc1ccc(Cl)c(Cl)c1)N1CCN(Cc2ccccc2)CC1. The topological polar surface area (TPSA) is 40.6 Å². The van der Waals surface area contributed by atoms with Crippen molar-refractivity contribution >= 4 is 33.2 Å². The third-order valence-electron chi connectivity index (χ3n) is 4.31. The molecule has 1 aliphatic heterocycles. The molecule has 0 saturated carbocycles. The Morgan fingerprint density at radius 1 is 0.840 bits per heavy atom. The lowest BCUT2D eigenvalue weighted by atomic mass is 10.2. The Kier molecular flexibility index (Phi) is 6.02. The quantitative estimate of drug-likeness (QED) is 0.771. The Labute approximate surface area is 159 Å². The van der Waals surface area contributed by atoms with Crippen LogP contribution in [0.3, 0.4) is 0 Å². The molecule has 2 aromatic rings. The van der Waals surface area contributed by atoms with Crippen LogP contribution in [0.25, 0.3) is 0 Å². The van der Waals surface area contributed by atoms with Crippen LogP contribution in [0.15, 0.2) is 48.5 Å². The van der Waals surface area contributed by atoms with Crippen LogP contribution in [0, 0.1) is 0 Å². The van der Waals surface area contributed by atoms with Gasteiger partial charge in [0.1, 0.15) is 0 Å². The molecule has 1 heterocycles. The van der Waals surface area contributed by atoms with Crippen LogP contribution in [0.2, 0.25) is 10.0 Å². The highest BCUT2D eigenvalue weighted by Crippen LogP contribution is 2.24. The van der Waals surface area contributed by atoms with Crippen molar-refractivity contribution < 1.29 is 8.42 Å². The van der Waals surface area contributed by atoms with Crippen molar-refractivity contribution in [2.45, 2.75) is 12.3 Å². The number of nitrogens with zero attached hydrogens (tertiary/aromatic N) is 2. The fourth-order valence-corrected chi connectivity index (χ4v) is 4.76. The van der Waals surface area contributed by atoms with Gasteiger partial charge < -0.3 is 0 Å². The molecule has 2 aromatic carbocycles. The van der Waals surface area contributed by atoms with Crippen molar-refractivity contribution in [1.29, 1.82) is 0 Å². The second-order valence-corrected chi connectivity index (χ2v) is 8.95. The number of piperazine rings is 1. The summed E-state index contributed by atoms with van der Waals surface area (Å²) in [6.07, 6.45) is 0. The highest BCUT2D eigenvalue weighted by atomic mass is 35.5. The van der Waals surface area contributed by atoms with E-state index in [1.807, 2.05) is 18.2 Å². The largest absolute Gasteiger partial charge is 0.296 e. The number of hydrogen-bond donors (Lipinski definition) is 0. The second-order valence-electron chi connectivity index (χ2n) is 6.17. The van der Waals surface area contributed by atoms with Crippen molar-refractivity contribution in [1.82, 2.24) is 9.21 Å². The minimum Gasteiger partial charge on any atom is -0.296 e. The molecule has 0 spiro atoms. The van der Waals surface area contributed by atoms with E-state index in [4.69, 9.17) is 23.2 Å². The molecule has 7 heteroatoms. The molecule has 1 saturated heterocycles. The lowest BCUT2D eigenvalue weighted by Gasteiger charge is -2.34. The van der Waals surface area contributed by atoms with E-state index in [0.29, 0.717) is 28.7 Å². The monoisotopic (exact) mass is 398 g/mol. The normalized spacial score (nSPS) is 16.9. The predicted molar refractivity (Wildman–Crippen MR) is 102 cm³/mol. The molecular formula is C18H20Cl2N2O2S. The van der Waals surface area contributed by atoms with Crippen LogP contribution in [0.5, 0.6) is 0 Å². The number of rotatable bonds is 5. The van der Waals surface area contributed by atoms with Crippen molar-refractivity contribution in [3.05, 3.63) is 69.7 Å². The lowest BCUT2D eigenvalue weighted by molar-refractivity contribution is 0.181. The molecule has 4 nitrogen and oxygen atoms in total. The van der Waals surface area contributed by atoms with Gasteiger partial charge in [0.05, 0.1) is 15.8 Å². The molecule has 25 heavy (non-hydrogen) atoms. The van der Waals surface area contributed by atoms with E-state index in [9.17, 15) is 8.42 Å². The molecule has 0 amide bonds. The summed E-state index contributed by atoms with van der Waals surface area (Å²) in [6, 6.07) is 15.2. The molecule has 0 radical (unpaired) electrons. The highest BCUT2D eigenvalue weighted by molar-refractivity contribution is 7.88. The summed E-state index contributed by atoms with van der Waals surface area (Å²) in [6.45, 7) is 3.33. The summed E-state index contributed by atoms with van der Waals surface area (Å²) in [7, 11) is -3.36. The first-order chi connectivity index (χ1) is 11.9. The number of hydrogen-bond acceptors (Lipinski definition) is 3. The summed E-state index contributed by atoms with van der Waals surface area (Å²) in [5, 5.41) is 0.805. The van der Waals surface area contributed by atoms with Gasteiger partial charge in [0.25, 0.3) is 0 Å². The van der Waals surface area contributed by atoms with Crippen LogP contribution >= 0.6 is 23.2 Å². The van der Waals surface area contributed by atoms with Crippen molar-refractivity contribution in [2.24, 2.45) is 0 Å². The first-order valence-electron chi connectivity index (χ1n) is 8.12. The maximum Gasteiger partial charge on any atom is 0.218 e. The van der Waals surface area contributed by atoms with Gasteiger partial charge in [-0.25, -0.2) is 8.42 Å². The average Bonchev–Trinajstić information content (AvgIpc) is 2.59. The molecule has 1 aliphatic rings. The van der Waals surface area contributed by atoms with Gasteiger partial charge in [-0.05, 0) is 23.3 Å². The second kappa shape index (κ2) is 8.06. The van der Waals surface area contributed by atoms with Crippen LogP contribution in [0.4, 0.5) is 0 Å². The zero-order valence-corrected chi connectivity index (χ0v) is 16.1. The first-order valence-corrected chi connectivity index (χ1v) is 10.5. The standard InChI is InChI=1S/C18H20Cl2N2O2S/c19-17-7-6-16(12-18(17)20)14-25(23,24)22-10-8-21(9-11-22)13-15-4-2-1-3-5-15/h1-7,12H,8-11,13-14H2. The summed E-state index contributed by atoms with van der Waals surface area (Å²) < 4.78 is 26.9. The van der Waals surface area contributed by atoms with E-state index in [1.165, 1.54) is 5.56 Å². The Morgan fingerprint density at radius 3 is 2.16 bits per heavy atom. The predicted octanol–water partition coefficient (Wildman–Crippen LogP) is 3.64. The van der Waals surface area contributed by atoms with Crippen molar-refractivity contribution in [3.63, 3.8) is 0 Å². The summed E-state index contributed by atoms with van der Waals surface area (Å²) in [5.41, 5.74) is 1.90. The third-order valence-corrected chi connectivity index (χ3v) is 6.90. The third kappa shape index (κ3) is 4.96. The zero-order chi connectivity index (χ0) is 17.9. The van der Waals surface area contributed by atoms with E-state index in [-0.39, 0.29) is 5.75 Å². The van der Waals surface area contributed by atoms with Gasteiger partial charge in [-0.15, -0.1) is 0 Å². The number of halogens is 2. The van der Waals surface area contributed by atoms with Crippen LogP contribution in [-0.2, 0) is 22.3 Å². The molecular weight excluding hydrogens is 379 g/mol. The van der Waals surface area contributed by atoms with Crippen LogP contribution in [-0.4, -0.2) is 43.8 Å². The molecule has 0 bridgehead atoms. The molecule has 0 N–H and O–H groups in total. The van der Waals surface area contributed by atoms with E-state index in [1.54, 1.807) is 22.5 Å². The van der Waals surface area contributed by atoms with E-state index >= 15 is 0 Å². The Hall–Kier alpha value is -1.11. The summed E-state index contributed by atoms with van der Waals surface area (Å²) in [5.74, 6) is -0.0530. The fourth-order valence-electron chi connectivity index (χ4n) is 2.94. The molecule has 0 aromatic heterocycles. The highest BCUT2D eigenvalue weighted by Gasteiger charge is 2.27. The fraction of sp³-hybridized carbons (Fsp3) is 0.333. The Morgan fingerprint density at radius 2 is 1.52 bits per heavy atom. The lowest BCUT2D eigenvalue weighted by Crippen LogP contribution is -2.48. The first kappa shape index (κ1) is 18.7. The molecule has 0 unspecified atom stereocenters. The van der Waals surface area contributed by atoms with Gasteiger partial charge in [-0.3, -0.25) is 4.90 Å². The maximum absolute atomic E-state index is 12.6. The van der Waals surface area contributed by atoms with Gasteiger partial charge in [-0.1, -0.05) is 59.6 Å². The van der Waals surface area contributed by atoms with Crippen LogP contribution in [0.1, 0.15) is 11.1 Å². The van der Waals surface area contributed by atoms with Crippen molar-refractivity contribution in [3.8, 4) is 0 Å². The van der Waals surface area contributed by atoms with Gasteiger partial charge in [0.2, 0.25) is 10.0 Å². The van der Waals surface area contributed by atoms with E-state index < -0.39 is 10.0 Å². The van der Waals surface area contributed by atoms with Gasteiger partial charge in [0, 0.05) is 32.7 Å². The molecule has 0 aliphatic carbocycles.